The van der Waals surface area contributed by atoms with Gasteiger partial charge in [-0.2, -0.15) is 0 Å². The molecule has 1 heterocycles. The Labute approximate surface area is 209 Å². The molecule has 0 radical (unpaired) electrons. The van der Waals surface area contributed by atoms with Crippen molar-refractivity contribution in [1.82, 2.24) is 10.3 Å². The summed E-state index contributed by atoms with van der Waals surface area (Å²) in [7, 11) is 0. The third-order valence-corrected chi connectivity index (χ3v) is 6.32. The minimum Gasteiger partial charge on any atom is -0.356 e. The fourth-order valence-electron chi connectivity index (χ4n) is 3.81. The van der Waals surface area contributed by atoms with Crippen LogP contribution in [0.2, 0.25) is 0 Å². The monoisotopic (exact) mass is 481 g/mol. The van der Waals surface area contributed by atoms with Crippen LogP contribution in [0.15, 0.2) is 102 Å². The molecule has 0 fully saturated rings. The predicted molar refractivity (Wildman–Crippen MR) is 142 cm³/mol. The molecule has 35 heavy (non-hydrogen) atoms. The number of amides is 2. The lowest BCUT2D eigenvalue weighted by Gasteiger charge is -2.18. The Morgan fingerprint density at radius 1 is 0.857 bits per heavy atom. The lowest BCUT2D eigenvalue weighted by molar-refractivity contribution is -0.120. The maximum atomic E-state index is 12.5. The van der Waals surface area contributed by atoms with Crippen LogP contribution in [0, 0.1) is 0 Å². The number of anilines is 1. The Bertz CT molecular complexity index is 1220. The fraction of sp³-hybridized carbons (Fsp3) is 0.138. The Morgan fingerprint density at radius 3 is 2.09 bits per heavy atom. The van der Waals surface area contributed by atoms with Gasteiger partial charge in [-0.25, -0.2) is 4.98 Å². The largest absolute Gasteiger partial charge is 0.356 e. The van der Waals surface area contributed by atoms with Gasteiger partial charge in [-0.3, -0.25) is 14.9 Å². The van der Waals surface area contributed by atoms with Crippen molar-refractivity contribution >= 4 is 34.4 Å². The number of nitrogens with one attached hydrogen (secondary N) is 2. The van der Waals surface area contributed by atoms with Gasteiger partial charge in [0.25, 0.3) is 0 Å². The number of carbonyl (C=O) groups is 2. The molecule has 0 saturated carbocycles. The van der Waals surface area contributed by atoms with Gasteiger partial charge in [-0.05, 0) is 29.2 Å². The van der Waals surface area contributed by atoms with Gasteiger partial charge in [0.1, 0.15) is 0 Å². The van der Waals surface area contributed by atoms with E-state index < -0.39 is 0 Å². The zero-order valence-electron chi connectivity index (χ0n) is 19.3. The highest BCUT2D eigenvalue weighted by atomic mass is 32.1. The number of nitrogens with zero attached hydrogens (tertiary/aromatic N) is 1. The van der Waals surface area contributed by atoms with Crippen molar-refractivity contribution in [3.05, 3.63) is 125 Å². The smallest absolute Gasteiger partial charge is 0.250 e. The Kier molecular flexibility index (Phi) is 8.57. The number of benzene rings is 3. The first-order chi connectivity index (χ1) is 17.2. The second-order valence-corrected chi connectivity index (χ2v) is 8.92. The molecule has 0 spiro atoms. The SMILES string of the molecule is O=C(/C=C/c1ccccc1)Nc1nc(CC(=O)NCCC(c2ccccc2)c2ccccc2)cs1. The van der Waals surface area contributed by atoms with Gasteiger partial charge in [0, 0.05) is 23.9 Å². The second kappa shape index (κ2) is 12.4. The van der Waals surface area contributed by atoms with Gasteiger partial charge in [-0.1, -0.05) is 91.0 Å². The molecule has 2 amide bonds. The molecule has 3 aromatic carbocycles. The molecule has 176 valence electrons. The molecular formula is C29H27N3O2S. The third kappa shape index (κ3) is 7.48. The molecule has 0 bridgehead atoms. The van der Waals surface area contributed by atoms with Gasteiger partial charge in [0.05, 0.1) is 12.1 Å². The van der Waals surface area contributed by atoms with Crippen LogP contribution < -0.4 is 10.6 Å². The van der Waals surface area contributed by atoms with Crippen molar-refractivity contribution < 1.29 is 9.59 Å². The van der Waals surface area contributed by atoms with E-state index in [1.165, 1.54) is 28.5 Å². The molecule has 0 unspecified atom stereocenters. The quantitative estimate of drug-likeness (QED) is 0.287. The highest BCUT2D eigenvalue weighted by Crippen LogP contribution is 2.27. The first-order valence-electron chi connectivity index (χ1n) is 11.5. The topological polar surface area (TPSA) is 71.1 Å². The highest BCUT2D eigenvalue weighted by Gasteiger charge is 2.15. The van der Waals surface area contributed by atoms with E-state index >= 15 is 0 Å². The molecule has 0 aliphatic rings. The molecule has 0 aliphatic carbocycles. The molecule has 6 heteroatoms. The van der Waals surface area contributed by atoms with E-state index in [-0.39, 0.29) is 24.2 Å². The average molecular weight is 482 g/mol. The Balaban J connectivity index is 1.26. The zero-order valence-corrected chi connectivity index (χ0v) is 20.1. The molecule has 2 N–H and O–H groups in total. The molecule has 4 aromatic rings. The van der Waals surface area contributed by atoms with Gasteiger partial charge < -0.3 is 5.32 Å². The normalized spacial score (nSPS) is 11.0. The Hall–Kier alpha value is -4.03. The second-order valence-electron chi connectivity index (χ2n) is 8.07. The van der Waals surface area contributed by atoms with E-state index in [1.54, 1.807) is 11.5 Å². The van der Waals surface area contributed by atoms with Crippen LogP contribution in [0.5, 0.6) is 0 Å². The number of thiazole rings is 1. The molecule has 5 nitrogen and oxygen atoms in total. The first kappa shape index (κ1) is 24.1. The standard InChI is InChI=1S/C29H27N3O2S/c33-27(17-16-22-10-4-1-5-11-22)32-29-31-25(21-35-29)20-28(34)30-19-18-26(23-12-6-2-7-13-23)24-14-8-3-9-15-24/h1-17,21,26H,18-20H2,(H,30,34)(H,31,32,33)/b17-16+. The van der Waals surface area contributed by atoms with Gasteiger partial charge in [0.2, 0.25) is 11.8 Å². The van der Waals surface area contributed by atoms with Crippen LogP contribution in [0.1, 0.15) is 34.7 Å². The van der Waals surface area contributed by atoms with Crippen molar-refractivity contribution in [2.75, 3.05) is 11.9 Å². The number of carbonyl (C=O) groups excluding carboxylic acids is 2. The molecule has 4 rings (SSSR count). The van der Waals surface area contributed by atoms with Crippen molar-refractivity contribution in [3.8, 4) is 0 Å². The molecular weight excluding hydrogens is 454 g/mol. The number of aromatic nitrogens is 1. The molecule has 1 aromatic heterocycles. The summed E-state index contributed by atoms with van der Waals surface area (Å²) >= 11 is 1.31. The summed E-state index contributed by atoms with van der Waals surface area (Å²) in [6, 6.07) is 30.3. The van der Waals surface area contributed by atoms with Crippen LogP contribution in [0.4, 0.5) is 5.13 Å². The summed E-state index contributed by atoms with van der Waals surface area (Å²) in [6.45, 7) is 0.561. The van der Waals surface area contributed by atoms with E-state index in [0.29, 0.717) is 17.4 Å². The lowest BCUT2D eigenvalue weighted by Crippen LogP contribution is -2.27. The maximum absolute atomic E-state index is 12.5. The number of rotatable bonds is 10. The maximum Gasteiger partial charge on any atom is 0.250 e. The van der Waals surface area contributed by atoms with Crippen molar-refractivity contribution in [2.45, 2.75) is 18.8 Å². The highest BCUT2D eigenvalue weighted by molar-refractivity contribution is 7.14. The van der Waals surface area contributed by atoms with Crippen LogP contribution in [0.3, 0.4) is 0 Å². The van der Waals surface area contributed by atoms with E-state index in [0.717, 1.165) is 12.0 Å². The third-order valence-electron chi connectivity index (χ3n) is 5.51. The Morgan fingerprint density at radius 2 is 1.46 bits per heavy atom. The summed E-state index contributed by atoms with van der Waals surface area (Å²) in [5, 5.41) is 8.04. The summed E-state index contributed by atoms with van der Waals surface area (Å²) < 4.78 is 0. The molecule has 0 saturated heterocycles. The van der Waals surface area contributed by atoms with Crippen LogP contribution >= 0.6 is 11.3 Å². The summed E-state index contributed by atoms with van der Waals surface area (Å²) in [5.41, 5.74) is 4.04. The van der Waals surface area contributed by atoms with Gasteiger partial charge in [0.15, 0.2) is 5.13 Å². The summed E-state index contributed by atoms with van der Waals surface area (Å²) in [5.74, 6) is -0.133. The lowest BCUT2D eigenvalue weighted by atomic mass is 9.88. The molecule has 0 atom stereocenters. The zero-order chi connectivity index (χ0) is 24.3. The minimum atomic E-state index is -0.257. The minimum absolute atomic E-state index is 0.0861. The van der Waals surface area contributed by atoms with Gasteiger partial charge >= 0.3 is 0 Å². The summed E-state index contributed by atoms with van der Waals surface area (Å²) in [4.78, 5) is 29.0. The summed E-state index contributed by atoms with van der Waals surface area (Å²) in [6.07, 6.45) is 4.19. The number of hydrogen-bond donors (Lipinski definition) is 2. The van der Waals surface area contributed by atoms with E-state index in [1.807, 2.05) is 66.7 Å². The van der Waals surface area contributed by atoms with Crippen LogP contribution in [-0.2, 0) is 16.0 Å². The van der Waals surface area contributed by atoms with Gasteiger partial charge in [-0.15, -0.1) is 11.3 Å². The van der Waals surface area contributed by atoms with Crippen molar-refractivity contribution in [1.29, 1.82) is 0 Å². The fourth-order valence-corrected chi connectivity index (χ4v) is 4.52. The number of hydrogen-bond acceptors (Lipinski definition) is 4. The van der Waals surface area contributed by atoms with E-state index in [4.69, 9.17) is 0 Å². The van der Waals surface area contributed by atoms with E-state index in [9.17, 15) is 9.59 Å². The van der Waals surface area contributed by atoms with Crippen LogP contribution in [0.25, 0.3) is 6.08 Å². The first-order valence-corrected chi connectivity index (χ1v) is 12.4. The average Bonchev–Trinajstić information content (AvgIpc) is 3.33. The van der Waals surface area contributed by atoms with Crippen LogP contribution in [-0.4, -0.2) is 23.3 Å². The predicted octanol–water partition coefficient (Wildman–Crippen LogP) is 5.68. The van der Waals surface area contributed by atoms with Crippen molar-refractivity contribution in [3.63, 3.8) is 0 Å². The molecule has 0 aliphatic heterocycles. The van der Waals surface area contributed by atoms with E-state index in [2.05, 4.69) is 39.9 Å². The van der Waals surface area contributed by atoms with Crippen molar-refractivity contribution in [2.24, 2.45) is 0 Å².